The van der Waals surface area contributed by atoms with Crippen molar-refractivity contribution in [2.24, 2.45) is 0 Å². The number of aromatic nitrogens is 3. The van der Waals surface area contributed by atoms with Crippen molar-refractivity contribution in [1.29, 1.82) is 0 Å². The molecule has 0 bridgehead atoms. The molecule has 7 nitrogen and oxygen atoms in total. The van der Waals surface area contributed by atoms with E-state index in [1.165, 1.54) is 6.33 Å². The Labute approximate surface area is 149 Å². The minimum absolute atomic E-state index is 0.0754. The molecule has 3 heterocycles. The van der Waals surface area contributed by atoms with Crippen LogP contribution in [-0.2, 0) is 0 Å². The SMILES string of the molecule is O=C(c1ccncn1)N1CCCN(c2nc3cc(Cl)ccc3o2)CC1. The van der Waals surface area contributed by atoms with Gasteiger partial charge in [0.2, 0.25) is 0 Å². The zero-order chi connectivity index (χ0) is 17.2. The number of fused-ring (bicyclic) bond motifs is 1. The molecule has 4 rings (SSSR count). The fourth-order valence-electron chi connectivity index (χ4n) is 2.91. The number of amides is 1. The van der Waals surface area contributed by atoms with Gasteiger partial charge in [0.05, 0.1) is 0 Å². The zero-order valence-corrected chi connectivity index (χ0v) is 14.2. The van der Waals surface area contributed by atoms with E-state index >= 15 is 0 Å². The number of anilines is 1. The van der Waals surface area contributed by atoms with Gasteiger partial charge in [0, 0.05) is 37.4 Å². The Balaban J connectivity index is 1.49. The highest BCUT2D eigenvalue weighted by atomic mass is 35.5. The fourth-order valence-corrected chi connectivity index (χ4v) is 3.08. The summed E-state index contributed by atoms with van der Waals surface area (Å²) < 4.78 is 5.83. The van der Waals surface area contributed by atoms with E-state index in [0.717, 1.165) is 18.5 Å². The maximum absolute atomic E-state index is 12.5. The molecule has 2 aromatic heterocycles. The Morgan fingerprint density at radius 1 is 1.16 bits per heavy atom. The normalized spacial score (nSPS) is 15.4. The molecule has 0 saturated carbocycles. The molecule has 1 aliphatic heterocycles. The molecule has 3 aromatic rings. The van der Waals surface area contributed by atoms with E-state index in [1.807, 2.05) is 11.0 Å². The van der Waals surface area contributed by atoms with Gasteiger partial charge < -0.3 is 14.2 Å². The van der Waals surface area contributed by atoms with Gasteiger partial charge in [-0.1, -0.05) is 11.6 Å². The lowest BCUT2D eigenvalue weighted by Crippen LogP contribution is -2.35. The fraction of sp³-hybridized carbons (Fsp3) is 0.294. The van der Waals surface area contributed by atoms with Crippen LogP contribution in [0.2, 0.25) is 5.02 Å². The third-order valence-electron chi connectivity index (χ3n) is 4.19. The summed E-state index contributed by atoms with van der Waals surface area (Å²) in [6.07, 6.45) is 3.80. The number of benzene rings is 1. The van der Waals surface area contributed by atoms with E-state index in [-0.39, 0.29) is 5.91 Å². The summed E-state index contributed by atoms with van der Waals surface area (Å²) >= 11 is 6.00. The molecule has 0 aliphatic carbocycles. The molecule has 1 amide bonds. The lowest BCUT2D eigenvalue weighted by atomic mass is 10.3. The Kier molecular flexibility index (Phi) is 4.23. The maximum atomic E-state index is 12.5. The van der Waals surface area contributed by atoms with Gasteiger partial charge in [0.25, 0.3) is 11.9 Å². The molecule has 0 unspecified atom stereocenters. The monoisotopic (exact) mass is 357 g/mol. The number of oxazole rings is 1. The van der Waals surface area contributed by atoms with Crippen LogP contribution in [0.25, 0.3) is 11.1 Å². The third kappa shape index (κ3) is 3.28. The van der Waals surface area contributed by atoms with Gasteiger partial charge in [0.1, 0.15) is 17.5 Å². The second-order valence-corrected chi connectivity index (χ2v) is 6.27. The highest BCUT2D eigenvalue weighted by molar-refractivity contribution is 6.31. The average molecular weight is 358 g/mol. The first kappa shape index (κ1) is 15.8. The summed E-state index contributed by atoms with van der Waals surface area (Å²) in [5.41, 5.74) is 1.86. The molecule has 0 spiro atoms. The van der Waals surface area contributed by atoms with Gasteiger partial charge in [-0.05, 0) is 30.7 Å². The van der Waals surface area contributed by atoms with Crippen molar-refractivity contribution >= 4 is 34.6 Å². The topological polar surface area (TPSA) is 75.4 Å². The van der Waals surface area contributed by atoms with E-state index in [2.05, 4.69) is 19.9 Å². The predicted molar refractivity (Wildman–Crippen MR) is 93.8 cm³/mol. The summed E-state index contributed by atoms with van der Waals surface area (Å²) in [6, 6.07) is 7.58. The quantitative estimate of drug-likeness (QED) is 0.701. The lowest BCUT2D eigenvalue weighted by molar-refractivity contribution is 0.0761. The van der Waals surface area contributed by atoms with Crippen LogP contribution in [0.15, 0.2) is 41.2 Å². The number of carbonyl (C=O) groups is 1. The molecule has 1 aromatic carbocycles. The van der Waals surface area contributed by atoms with Crippen LogP contribution in [0.1, 0.15) is 16.9 Å². The Morgan fingerprint density at radius 2 is 2.08 bits per heavy atom. The standard InChI is InChI=1S/C17H16ClN5O2/c18-12-2-3-15-14(10-12)21-17(25-15)23-7-1-6-22(8-9-23)16(24)13-4-5-19-11-20-13/h2-5,10-11H,1,6-9H2. The van der Waals surface area contributed by atoms with Gasteiger partial charge in [-0.25, -0.2) is 9.97 Å². The van der Waals surface area contributed by atoms with Gasteiger partial charge in [-0.2, -0.15) is 4.98 Å². The molecule has 128 valence electrons. The number of halogens is 1. The van der Waals surface area contributed by atoms with Crippen molar-refractivity contribution < 1.29 is 9.21 Å². The minimum Gasteiger partial charge on any atom is -0.423 e. The molecule has 1 aliphatic rings. The van der Waals surface area contributed by atoms with E-state index < -0.39 is 0 Å². The summed E-state index contributed by atoms with van der Waals surface area (Å²) in [6.45, 7) is 2.68. The molecule has 1 fully saturated rings. The molecule has 0 radical (unpaired) electrons. The van der Waals surface area contributed by atoms with Gasteiger partial charge in [-0.15, -0.1) is 0 Å². The van der Waals surface area contributed by atoms with Gasteiger partial charge >= 0.3 is 0 Å². The van der Waals surface area contributed by atoms with Crippen molar-refractivity contribution in [3.05, 3.63) is 47.5 Å². The van der Waals surface area contributed by atoms with Crippen molar-refractivity contribution in [2.75, 3.05) is 31.1 Å². The van der Waals surface area contributed by atoms with Gasteiger partial charge in [0.15, 0.2) is 5.58 Å². The number of hydrogen-bond acceptors (Lipinski definition) is 6. The van der Waals surface area contributed by atoms with E-state index in [0.29, 0.717) is 41.9 Å². The molecule has 0 N–H and O–H groups in total. The predicted octanol–water partition coefficient (Wildman–Crippen LogP) is 2.62. The van der Waals surface area contributed by atoms with Crippen LogP contribution in [0, 0.1) is 0 Å². The highest BCUT2D eigenvalue weighted by Gasteiger charge is 2.23. The molecule has 8 heteroatoms. The summed E-state index contributed by atoms with van der Waals surface area (Å²) in [5, 5.41) is 0.629. The Morgan fingerprint density at radius 3 is 2.92 bits per heavy atom. The number of rotatable bonds is 2. The first-order chi connectivity index (χ1) is 12.2. The van der Waals surface area contributed by atoms with Crippen molar-refractivity contribution in [2.45, 2.75) is 6.42 Å². The van der Waals surface area contributed by atoms with Crippen LogP contribution in [-0.4, -0.2) is 51.9 Å². The zero-order valence-electron chi connectivity index (χ0n) is 13.4. The number of hydrogen-bond donors (Lipinski definition) is 0. The summed E-state index contributed by atoms with van der Waals surface area (Å²) in [4.78, 5) is 28.8. The minimum atomic E-state index is -0.0754. The Hall–Kier alpha value is -2.67. The molecular formula is C17H16ClN5O2. The van der Waals surface area contributed by atoms with Crippen LogP contribution in [0.4, 0.5) is 6.01 Å². The highest BCUT2D eigenvalue weighted by Crippen LogP contribution is 2.25. The molecule has 1 saturated heterocycles. The lowest BCUT2D eigenvalue weighted by Gasteiger charge is -2.20. The van der Waals surface area contributed by atoms with E-state index in [4.69, 9.17) is 16.0 Å². The molecule has 25 heavy (non-hydrogen) atoms. The molecule has 0 atom stereocenters. The first-order valence-corrected chi connectivity index (χ1v) is 8.45. The van der Waals surface area contributed by atoms with Gasteiger partial charge in [-0.3, -0.25) is 4.79 Å². The number of carbonyl (C=O) groups excluding carboxylic acids is 1. The van der Waals surface area contributed by atoms with Crippen LogP contribution in [0.5, 0.6) is 0 Å². The summed E-state index contributed by atoms with van der Waals surface area (Å²) in [5.74, 6) is -0.0754. The second kappa shape index (κ2) is 6.68. The van der Waals surface area contributed by atoms with Crippen LogP contribution in [0.3, 0.4) is 0 Å². The van der Waals surface area contributed by atoms with Crippen LogP contribution >= 0.6 is 11.6 Å². The largest absolute Gasteiger partial charge is 0.423 e. The maximum Gasteiger partial charge on any atom is 0.298 e. The van der Waals surface area contributed by atoms with E-state index in [1.54, 1.807) is 24.4 Å². The van der Waals surface area contributed by atoms with Crippen molar-refractivity contribution in [1.82, 2.24) is 19.9 Å². The van der Waals surface area contributed by atoms with Crippen molar-refractivity contribution in [3.8, 4) is 0 Å². The third-order valence-corrected chi connectivity index (χ3v) is 4.43. The second-order valence-electron chi connectivity index (χ2n) is 5.84. The smallest absolute Gasteiger partial charge is 0.298 e. The Bertz CT molecular complexity index is 898. The van der Waals surface area contributed by atoms with E-state index in [9.17, 15) is 4.79 Å². The molecular weight excluding hydrogens is 342 g/mol. The average Bonchev–Trinajstić information content (AvgIpc) is 2.89. The summed E-state index contributed by atoms with van der Waals surface area (Å²) in [7, 11) is 0. The van der Waals surface area contributed by atoms with Crippen molar-refractivity contribution in [3.63, 3.8) is 0 Å². The first-order valence-electron chi connectivity index (χ1n) is 8.07. The number of nitrogens with zero attached hydrogens (tertiary/aromatic N) is 5. The van der Waals surface area contributed by atoms with Crippen LogP contribution < -0.4 is 4.90 Å².